The number of carbonyl (C=O) groups is 1. The highest BCUT2D eigenvalue weighted by molar-refractivity contribution is 6.19. The van der Waals surface area contributed by atoms with E-state index < -0.39 is 5.41 Å². The van der Waals surface area contributed by atoms with Crippen LogP contribution in [0, 0.1) is 5.41 Å². The van der Waals surface area contributed by atoms with Crippen LogP contribution in [0.15, 0.2) is 24.4 Å². The standard InChI is InChI=1S/C12H17ClN2O/c1-12(2,9-13)11(16)15(3)8-10-6-4-5-7-14-10/h4-7H,8-9H2,1-3H3. The molecule has 0 atom stereocenters. The third kappa shape index (κ3) is 3.20. The second-order valence-electron chi connectivity index (χ2n) is 4.50. The van der Waals surface area contributed by atoms with Gasteiger partial charge in [0.05, 0.1) is 17.7 Å². The molecule has 1 amide bonds. The summed E-state index contributed by atoms with van der Waals surface area (Å²) in [4.78, 5) is 17.9. The van der Waals surface area contributed by atoms with Gasteiger partial charge in [0.1, 0.15) is 0 Å². The van der Waals surface area contributed by atoms with Crippen molar-refractivity contribution >= 4 is 17.5 Å². The Balaban J connectivity index is 2.66. The van der Waals surface area contributed by atoms with Crippen molar-refractivity contribution in [3.05, 3.63) is 30.1 Å². The lowest BCUT2D eigenvalue weighted by molar-refractivity contribution is -0.138. The molecule has 4 heteroatoms. The van der Waals surface area contributed by atoms with Gasteiger partial charge in [-0.1, -0.05) is 6.07 Å². The number of amides is 1. The monoisotopic (exact) mass is 240 g/mol. The lowest BCUT2D eigenvalue weighted by Crippen LogP contribution is -2.39. The molecule has 1 heterocycles. The molecule has 0 N–H and O–H groups in total. The highest BCUT2D eigenvalue weighted by Gasteiger charge is 2.29. The van der Waals surface area contributed by atoms with Crippen molar-refractivity contribution in [2.75, 3.05) is 12.9 Å². The molecule has 0 radical (unpaired) electrons. The van der Waals surface area contributed by atoms with E-state index in [1.165, 1.54) is 0 Å². The average molecular weight is 241 g/mol. The van der Waals surface area contributed by atoms with E-state index in [1.54, 1.807) is 18.1 Å². The molecular formula is C12H17ClN2O. The van der Waals surface area contributed by atoms with Gasteiger partial charge in [0.15, 0.2) is 0 Å². The Morgan fingerprint density at radius 2 is 2.19 bits per heavy atom. The number of rotatable bonds is 4. The zero-order valence-corrected chi connectivity index (χ0v) is 10.7. The molecule has 0 saturated heterocycles. The van der Waals surface area contributed by atoms with Crippen molar-refractivity contribution in [3.63, 3.8) is 0 Å². The van der Waals surface area contributed by atoms with E-state index >= 15 is 0 Å². The quantitative estimate of drug-likeness (QED) is 0.757. The van der Waals surface area contributed by atoms with Crippen molar-refractivity contribution < 1.29 is 4.79 Å². The molecule has 0 unspecified atom stereocenters. The number of carbonyl (C=O) groups excluding carboxylic acids is 1. The molecule has 1 aromatic rings. The first kappa shape index (κ1) is 13.0. The van der Waals surface area contributed by atoms with Gasteiger partial charge < -0.3 is 4.90 Å². The lowest BCUT2D eigenvalue weighted by atomic mass is 9.94. The van der Waals surface area contributed by atoms with Gasteiger partial charge >= 0.3 is 0 Å². The van der Waals surface area contributed by atoms with Crippen LogP contribution in [-0.2, 0) is 11.3 Å². The Morgan fingerprint density at radius 3 is 2.69 bits per heavy atom. The number of nitrogens with zero attached hydrogens (tertiary/aromatic N) is 2. The number of halogens is 1. The zero-order chi connectivity index (χ0) is 12.2. The largest absolute Gasteiger partial charge is 0.339 e. The minimum atomic E-state index is -0.523. The van der Waals surface area contributed by atoms with E-state index in [0.29, 0.717) is 12.4 Å². The Labute approximate surface area is 101 Å². The lowest BCUT2D eigenvalue weighted by Gasteiger charge is -2.27. The Morgan fingerprint density at radius 1 is 1.50 bits per heavy atom. The van der Waals surface area contributed by atoms with Crippen LogP contribution in [0.3, 0.4) is 0 Å². The number of pyridine rings is 1. The molecule has 0 aliphatic heterocycles. The molecule has 88 valence electrons. The molecule has 0 aliphatic rings. The Kier molecular flexibility index (Phi) is 4.30. The van der Waals surface area contributed by atoms with Gasteiger partial charge in [-0.05, 0) is 26.0 Å². The van der Waals surface area contributed by atoms with Crippen LogP contribution in [0.25, 0.3) is 0 Å². The molecule has 0 fully saturated rings. The van der Waals surface area contributed by atoms with Gasteiger partial charge in [0, 0.05) is 19.1 Å². The predicted octanol–water partition coefficient (Wildman–Crippen LogP) is 2.31. The maximum absolute atomic E-state index is 12.0. The second kappa shape index (κ2) is 5.30. The summed E-state index contributed by atoms with van der Waals surface area (Å²) in [6.07, 6.45) is 1.72. The third-order valence-electron chi connectivity index (χ3n) is 2.39. The van der Waals surface area contributed by atoms with E-state index in [9.17, 15) is 4.79 Å². The summed E-state index contributed by atoms with van der Waals surface area (Å²) >= 11 is 5.77. The maximum Gasteiger partial charge on any atom is 0.229 e. The maximum atomic E-state index is 12.0. The van der Waals surface area contributed by atoms with Gasteiger partial charge in [-0.15, -0.1) is 11.6 Å². The molecule has 1 aromatic heterocycles. The van der Waals surface area contributed by atoms with E-state index in [2.05, 4.69) is 4.98 Å². The highest BCUT2D eigenvalue weighted by Crippen LogP contribution is 2.20. The SMILES string of the molecule is CN(Cc1ccccn1)C(=O)C(C)(C)CCl. The molecular weight excluding hydrogens is 224 g/mol. The summed E-state index contributed by atoms with van der Waals surface area (Å²) in [5.41, 5.74) is 0.356. The second-order valence-corrected chi connectivity index (χ2v) is 4.77. The van der Waals surface area contributed by atoms with E-state index in [4.69, 9.17) is 11.6 Å². The topological polar surface area (TPSA) is 33.2 Å². The van der Waals surface area contributed by atoms with Crippen LogP contribution in [0.5, 0.6) is 0 Å². The highest BCUT2D eigenvalue weighted by atomic mass is 35.5. The van der Waals surface area contributed by atoms with Crippen LogP contribution in [-0.4, -0.2) is 28.7 Å². The summed E-state index contributed by atoms with van der Waals surface area (Å²) < 4.78 is 0. The van der Waals surface area contributed by atoms with Crippen molar-refractivity contribution in [1.82, 2.24) is 9.88 Å². The summed E-state index contributed by atoms with van der Waals surface area (Å²) in [6.45, 7) is 4.20. The fraction of sp³-hybridized carbons (Fsp3) is 0.500. The van der Waals surface area contributed by atoms with E-state index in [1.807, 2.05) is 32.0 Å². The minimum absolute atomic E-state index is 0.0353. The summed E-state index contributed by atoms with van der Waals surface area (Å²) in [6, 6.07) is 5.67. The van der Waals surface area contributed by atoms with Crippen LogP contribution in [0.1, 0.15) is 19.5 Å². The first-order valence-corrected chi connectivity index (χ1v) is 5.72. The predicted molar refractivity (Wildman–Crippen MR) is 65.2 cm³/mol. The van der Waals surface area contributed by atoms with Crippen LogP contribution < -0.4 is 0 Å². The first-order valence-electron chi connectivity index (χ1n) is 5.19. The number of aromatic nitrogens is 1. The van der Waals surface area contributed by atoms with Crippen LogP contribution in [0.2, 0.25) is 0 Å². The van der Waals surface area contributed by atoms with Gasteiger partial charge in [0.2, 0.25) is 5.91 Å². The molecule has 0 bridgehead atoms. The summed E-state index contributed by atoms with van der Waals surface area (Å²) in [5, 5.41) is 0. The summed E-state index contributed by atoms with van der Waals surface area (Å²) in [7, 11) is 1.77. The van der Waals surface area contributed by atoms with Crippen molar-refractivity contribution in [1.29, 1.82) is 0 Å². The smallest absolute Gasteiger partial charge is 0.229 e. The molecule has 0 aliphatic carbocycles. The zero-order valence-electron chi connectivity index (χ0n) is 9.90. The van der Waals surface area contributed by atoms with Gasteiger partial charge in [0.25, 0.3) is 0 Å². The van der Waals surface area contributed by atoms with Gasteiger partial charge in [-0.2, -0.15) is 0 Å². The first-order chi connectivity index (χ1) is 7.47. The minimum Gasteiger partial charge on any atom is -0.339 e. The Bertz CT molecular complexity index is 351. The van der Waals surface area contributed by atoms with E-state index in [0.717, 1.165) is 5.69 Å². The van der Waals surface area contributed by atoms with Crippen molar-refractivity contribution in [2.45, 2.75) is 20.4 Å². The molecule has 0 spiro atoms. The Hall–Kier alpha value is -1.09. The van der Waals surface area contributed by atoms with Crippen LogP contribution >= 0.6 is 11.6 Å². The molecule has 0 saturated carbocycles. The van der Waals surface area contributed by atoms with Gasteiger partial charge in [-0.3, -0.25) is 9.78 Å². The molecule has 1 rings (SSSR count). The normalized spacial score (nSPS) is 11.2. The molecule has 16 heavy (non-hydrogen) atoms. The average Bonchev–Trinajstić information content (AvgIpc) is 2.29. The van der Waals surface area contributed by atoms with Gasteiger partial charge in [-0.25, -0.2) is 0 Å². The fourth-order valence-corrected chi connectivity index (χ4v) is 1.49. The van der Waals surface area contributed by atoms with Crippen molar-refractivity contribution in [3.8, 4) is 0 Å². The number of alkyl halides is 1. The molecule has 0 aromatic carbocycles. The van der Waals surface area contributed by atoms with Crippen LogP contribution in [0.4, 0.5) is 0 Å². The molecule has 3 nitrogen and oxygen atoms in total. The number of hydrogen-bond acceptors (Lipinski definition) is 2. The van der Waals surface area contributed by atoms with E-state index in [-0.39, 0.29) is 5.91 Å². The third-order valence-corrected chi connectivity index (χ3v) is 3.05. The fourth-order valence-electron chi connectivity index (χ4n) is 1.38. The van der Waals surface area contributed by atoms with Crippen molar-refractivity contribution in [2.24, 2.45) is 5.41 Å². The summed E-state index contributed by atoms with van der Waals surface area (Å²) in [5.74, 6) is 0.353. The number of hydrogen-bond donors (Lipinski definition) is 0.